The Hall–Kier alpha value is -3.15. The van der Waals surface area contributed by atoms with E-state index in [0.29, 0.717) is 11.3 Å². The van der Waals surface area contributed by atoms with Crippen LogP contribution in [0.3, 0.4) is 0 Å². The molecule has 0 saturated carbocycles. The molecule has 2 aromatic carbocycles. The quantitative estimate of drug-likeness (QED) is 0.736. The molecular weight excluding hydrogens is 344 g/mol. The minimum Gasteiger partial charge on any atom is -0.454 e. The van der Waals surface area contributed by atoms with Crippen LogP contribution in [0.15, 0.2) is 42.5 Å². The maximum atomic E-state index is 12.1. The SMILES string of the molecule is CCc1cccc(NC(=O)COC(=O)CNC(=O)c2ccc(C)c(C)c2)c1. The second-order valence-corrected chi connectivity index (χ2v) is 6.24. The summed E-state index contributed by atoms with van der Waals surface area (Å²) in [4.78, 5) is 35.7. The zero-order valence-electron chi connectivity index (χ0n) is 15.8. The number of anilines is 1. The van der Waals surface area contributed by atoms with Gasteiger partial charge in [-0.15, -0.1) is 0 Å². The van der Waals surface area contributed by atoms with Crippen molar-refractivity contribution in [1.29, 1.82) is 0 Å². The number of esters is 1. The molecule has 6 nitrogen and oxygen atoms in total. The minimum absolute atomic E-state index is 0.301. The normalized spacial score (nSPS) is 10.2. The second-order valence-electron chi connectivity index (χ2n) is 6.24. The van der Waals surface area contributed by atoms with Gasteiger partial charge in [-0.3, -0.25) is 14.4 Å². The van der Waals surface area contributed by atoms with Crippen molar-refractivity contribution < 1.29 is 19.1 Å². The molecule has 2 rings (SSSR count). The van der Waals surface area contributed by atoms with E-state index in [0.717, 1.165) is 23.1 Å². The van der Waals surface area contributed by atoms with Crippen molar-refractivity contribution in [3.8, 4) is 0 Å². The highest BCUT2D eigenvalue weighted by Crippen LogP contribution is 2.11. The number of carbonyl (C=O) groups excluding carboxylic acids is 3. The van der Waals surface area contributed by atoms with Crippen LogP contribution in [0.4, 0.5) is 5.69 Å². The number of nitrogens with one attached hydrogen (secondary N) is 2. The highest BCUT2D eigenvalue weighted by atomic mass is 16.5. The highest BCUT2D eigenvalue weighted by molar-refractivity contribution is 5.96. The Morgan fingerprint density at radius 1 is 1.00 bits per heavy atom. The number of benzene rings is 2. The summed E-state index contributed by atoms with van der Waals surface area (Å²) < 4.78 is 4.90. The Morgan fingerprint density at radius 3 is 2.48 bits per heavy atom. The average Bonchev–Trinajstić information content (AvgIpc) is 2.66. The van der Waals surface area contributed by atoms with Crippen LogP contribution in [0.25, 0.3) is 0 Å². The molecule has 0 aliphatic carbocycles. The standard InChI is InChI=1S/C21H24N2O4/c1-4-16-6-5-7-18(11-16)23-19(24)13-27-20(25)12-22-21(26)17-9-8-14(2)15(3)10-17/h5-11H,4,12-13H2,1-3H3,(H,22,26)(H,23,24). The third kappa shape index (κ3) is 6.26. The Labute approximate surface area is 158 Å². The van der Waals surface area contributed by atoms with Crippen LogP contribution in [0, 0.1) is 13.8 Å². The summed E-state index contributed by atoms with van der Waals surface area (Å²) in [5.41, 5.74) is 4.30. The van der Waals surface area contributed by atoms with Gasteiger partial charge in [0.2, 0.25) is 0 Å². The molecule has 0 bridgehead atoms. The number of rotatable bonds is 7. The first-order chi connectivity index (χ1) is 12.9. The molecule has 6 heteroatoms. The highest BCUT2D eigenvalue weighted by Gasteiger charge is 2.11. The molecule has 0 aliphatic heterocycles. The van der Waals surface area contributed by atoms with Gasteiger partial charge in [-0.25, -0.2) is 0 Å². The second kappa shape index (κ2) is 9.52. The molecule has 0 aromatic heterocycles. The Morgan fingerprint density at radius 2 is 1.78 bits per heavy atom. The molecule has 27 heavy (non-hydrogen) atoms. The van der Waals surface area contributed by atoms with Crippen molar-refractivity contribution in [2.75, 3.05) is 18.5 Å². The van der Waals surface area contributed by atoms with E-state index in [1.807, 2.05) is 45.0 Å². The molecular formula is C21H24N2O4. The van der Waals surface area contributed by atoms with E-state index in [4.69, 9.17) is 4.74 Å². The number of hydrogen-bond donors (Lipinski definition) is 2. The van der Waals surface area contributed by atoms with Crippen molar-refractivity contribution in [3.63, 3.8) is 0 Å². The van der Waals surface area contributed by atoms with E-state index >= 15 is 0 Å². The molecule has 0 fully saturated rings. The maximum Gasteiger partial charge on any atom is 0.325 e. The summed E-state index contributed by atoms with van der Waals surface area (Å²) in [7, 11) is 0. The van der Waals surface area contributed by atoms with Gasteiger partial charge in [-0.2, -0.15) is 0 Å². The van der Waals surface area contributed by atoms with Gasteiger partial charge in [0.25, 0.3) is 11.8 Å². The Balaban J connectivity index is 1.75. The van der Waals surface area contributed by atoms with Gasteiger partial charge in [0.15, 0.2) is 6.61 Å². The fraction of sp³-hybridized carbons (Fsp3) is 0.286. The average molecular weight is 368 g/mol. The van der Waals surface area contributed by atoms with Gasteiger partial charge >= 0.3 is 5.97 Å². The van der Waals surface area contributed by atoms with E-state index in [2.05, 4.69) is 10.6 Å². The third-order valence-electron chi connectivity index (χ3n) is 4.15. The van der Waals surface area contributed by atoms with Crippen LogP contribution in [-0.2, 0) is 20.7 Å². The van der Waals surface area contributed by atoms with Gasteiger partial charge in [-0.05, 0) is 61.2 Å². The number of carbonyl (C=O) groups is 3. The van der Waals surface area contributed by atoms with E-state index in [9.17, 15) is 14.4 Å². The lowest BCUT2D eigenvalue weighted by Gasteiger charge is -2.09. The molecule has 142 valence electrons. The van der Waals surface area contributed by atoms with Crippen molar-refractivity contribution in [2.45, 2.75) is 27.2 Å². The smallest absolute Gasteiger partial charge is 0.325 e. The molecule has 2 amide bonds. The van der Waals surface area contributed by atoms with Crippen LogP contribution in [0.2, 0.25) is 0 Å². The van der Waals surface area contributed by atoms with Crippen LogP contribution >= 0.6 is 0 Å². The summed E-state index contributed by atoms with van der Waals surface area (Å²) in [5, 5.41) is 5.16. The van der Waals surface area contributed by atoms with Crippen LogP contribution < -0.4 is 10.6 Å². The third-order valence-corrected chi connectivity index (χ3v) is 4.15. The molecule has 0 heterocycles. The van der Waals surface area contributed by atoms with Gasteiger partial charge in [0.05, 0.1) is 0 Å². The van der Waals surface area contributed by atoms with Gasteiger partial charge in [0.1, 0.15) is 6.54 Å². The Kier molecular flexibility index (Phi) is 7.11. The van der Waals surface area contributed by atoms with E-state index in [1.54, 1.807) is 18.2 Å². The first-order valence-electron chi connectivity index (χ1n) is 8.79. The molecule has 2 aromatic rings. The molecule has 0 radical (unpaired) electrons. The van der Waals surface area contributed by atoms with Crippen LogP contribution in [0.5, 0.6) is 0 Å². The van der Waals surface area contributed by atoms with Crippen LogP contribution in [-0.4, -0.2) is 30.9 Å². The topological polar surface area (TPSA) is 84.5 Å². The fourth-order valence-electron chi connectivity index (χ4n) is 2.40. The van der Waals surface area contributed by atoms with E-state index < -0.39 is 18.5 Å². The zero-order chi connectivity index (χ0) is 19.8. The molecule has 0 atom stereocenters. The maximum absolute atomic E-state index is 12.1. The van der Waals surface area contributed by atoms with Crippen molar-refractivity contribution in [2.24, 2.45) is 0 Å². The van der Waals surface area contributed by atoms with Crippen molar-refractivity contribution >= 4 is 23.5 Å². The lowest BCUT2D eigenvalue weighted by Crippen LogP contribution is -2.32. The van der Waals surface area contributed by atoms with Crippen molar-refractivity contribution in [3.05, 3.63) is 64.7 Å². The summed E-state index contributed by atoms with van der Waals surface area (Å²) in [6.07, 6.45) is 0.860. The van der Waals surface area contributed by atoms with Crippen LogP contribution in [0.1, 0.15) is 34.0 Å². The first kappa shape index (κ1) is 20.2. The molecule has 0 unspecified atom stereocenters. The number of aryl methyl sites for hydroxylation is 3. The molecule has 0 aliphatic rings. The number of amides is 2. The van der Waals surface area contributed by atoms with E-state index in [-0.39, 0.29) is 12.5 Å². The summed E-state index contributed by atoms with van der Waals surface area (Å²) in [6, 6.07) is 12.7. The Bertz CT molecular complexity index is 846. The minimum atomic E-state index is -0.676. The fourth-order valence-corrected chi connectivity index (χ4v) is 2.40. The molecule has 0 saturated heterocycles. The molecule has 0 spiro atoms. The van der Waals surface area contributed by atoms with E-state index in [1.165, 1.54) is 0 Å². The predicted octanol–water partition coefficient (Wildman–Crippen LogP) is 2.78. The monoisotopic (exact) mass is 368 g/mol. The number of hydrogen-bond acceptors (Lipinski definition) is 4. The molecule has 2 N–H and O–H groups in total. The van der Waals surface area contributed by atoms with Gasteiger partial charge in [0, 0.05) is 11.3 Å². The summed E-state index contributed by atoms with van der Waals surface area (Å²) >= 11 is 0. The largest absolute Gasteiger partial charge is 0.454 e. The lowest BCUT2D eigenvalue weighted by atomic mass is 10.1. The first-order valence-corrected chi connectivity index (χ1v) is 8.79. The number of ether oxygens (including phenoxy) is 1. The van der Waals surface area contributed by atoms with Gasteiger partial charge < -0.3 is 15.4 Å². The lowest BCUT2D eigenvalue weighted by molar-refractivity contribution is -0.146. The summed E-state index contributed by atoms with van der Waals surface area (Å²) in [6.45, 7) is 5.18. The van der Waals surface area contributed by atoms with Gasteiger partial charge in [-0.1, -0.05) is 25.1 Å². The van der Waals surface area contributed by atoms with Crippen molar-refractivity contribution in [1.82, 2.24) is 5.32 Å². The summed E-state index contributed by atoms with van der Waals surface area (Å²) in [5.74, 6) is -1.47. The zero-order valence-corrected chi connectivity index (χ0v) is 15.8. The predicted molar refractivity (Wildman–Crippen MR) is 104 cm³/mol.